The maximum Gasteiger partial charge on any atom is 0.0479 e. The summed E-state index contributed by atoms with van der Waals surface area (Å²) in [7, 11) is 0. The normalized spacial score (nSPS) is 11.2. The lowest BCUT2D eigenvalue weighted by molar-refractivity contribution is 1.34. The first-order valence-corrected chi connectivity index (χ1v) is 6.66. The SMILES string of the molecule is C=C(c1cc2ccccc2[nH]1)c1cc2ccccc2[nH]1. The third-order valence-electron chi connectivity index (χ3n) is 3.71. The largest absolute Gasteiger partial charge is 0.354 e. The van der Waals surface area contributed by atoms with Crippen LogP contribution in [0.25, 0.3) is 27.4 Å². The molecule has 2 nitrogen and oxygen atoms in total. The summed E-state index contributed by atoms with van der Waals surface area (Å²) in [5.74, 6) is 0. The molecule has 2 aromatic heterocycles. The van der Waals surface area contributed by atoms with E-state index in [9.17, 15) is 0 Å². The molecule has 0 saturated carbocycles. The van der Waals surface area contributed by atoms with Crippen molar-refractivity contribution in [2.45, 2.75) is 0 Å². The van der Waals surface area contributed by atoms with E-state index in [1.54, 1.807) is 0 Å². The lowest BCUT2D eigenvalue weighted by Gasteiger charge is -1.99. The van der Waals surface area contributed by atoms with Gasteiger partial charge in [-0.1, -0.05) is 43.0 Å². The summed E-state index contributed by atoms with van der Waals surface area (Å²) in [6.45, 7) is 4.22. The number of hydrogen-bond acceptors (Lipinski definition) is 0. The van der Waals surface area contributed by atoms with Crippen molar-refractivity contribution < 1.29 is 0 Å². The van der Waals surface area contributed by atoms with Gasteiger partial charge in [0.15, 0.2) is 0 Å². The van der Waals surface area contributed by atoms with Crippen LogP contribution in [0.5, 0.6) is 0 Å². The van der Waals surface area contributed by atoms with E-state index < -0.39 is 0 Å². The Hall–Kier alpha value is -2.74. The Morgan fingerprint density at radius 1 is 0.700 bits per heavy atom. The molecule has 0 unspecified atom stereocenters. The van der Waals surface area contributed by atoms with E-state index in [2.05, 4.69) is 52.9 Å². The Balaban J connectivity index is 1.82. The molecule has 96 valence electrons. The van der Waals surface area contributed by atoms with Crippen LogP contribution >= 0.6 is 0 Å². The number of hydrogen-bond donors (Lipinski definition) is 2. The highest BCUT2D eigenvalue weighted by Crippen LogP contribution is 2.26. The van der Waals surface area contributed by atoms with Gasteiger partial charge in [0.2, 0.25) is 0 Å². The quantitative estimate of drug-likeness (QED) is 0.522. The van der Waals surface area contributed by atoms with Gasteiger partial charge >= 0.3 is 0 Å². The molecule has 2 N–H and O–H groups in total. The Bertz CT molecular complexity index is 783. The van der Waals surface area contributed by atoms with Crippen LogP contribution in [0.2, 0.25) is 0 Å². The van der Waals surface area contributed by atoms with Gasteiger partial charge in [-0.05, 0) is 24.3 Å². The molecule has 4 rings (SSSR count). The number of para-hydroxylation sites is 2. The summed E-state index contributed by atoms with van der Waals surface area (Å²) in [6.07, 6.45) is 0. The van der Waals surface area contributed by atoms with Crippen molar-refractivity contribution in [2.24, 2.45) is 0 Å². The fraction of sp³-hybridized carbons (Fsp3) is 0. The number of nitrogens with one attached hydrogen (secondary N) is 2. The number of fused-ring (bicyclic) bond motifs is 2. The molecule has 0 amide bonds. The third-order valence-corrected chi connectivity index (χ3v) is 3.71. The summed E-state index contributed by atoms with van der Waals surface area (Å²) < 4.78 is 0. The van der Waals surface area contributed by atoms with Gasteiger partial charge in [-0.2, -0.15) is 0 Å². The first-order valence-electron chi connectivity index (χ1n) is 6.66. The lowest BCUT2D eigenvalue weighted by atomic mass is 10.1. The Labute approximate surface area is 116 Å². The Morgan fingerprint density at radius 3 is 1.60 bits per heavy atom. The molecular weight excluding hydrogens is 244 g/mol. The molecule has 0 aliphatic heterocycles. The van der Waals surface area contributed by atoms with Crippen molar-refractivity contribution in [3.05, 3.63) is 78.6 Å². The summed E-state index contributed by atoms with van der Waals surface area (Å²) in [5, 5.41) is 2.42. The zero-order valence-electron chi connectivity index (χ0n) is 11.0. The highest BCUT2D eigenvalue weighted by atomic mass is 14.8. The molecule has 0 atom stereocenters. The fourth-order valence-corrected chi connectivity index (χ4v) is 2.62. The van der Waals surface area contributed by atoms with Crippen LogP contribution < -0.4 is 0 Å². The molecule has 20 heavy (non-hydrogen) atoms. The first-order chi connectivity index (χ1) is 9.81. The molecule has 0 aliphatic carbocycles. The van der Waals surface area contributed by atoms with Gasteiger partial charge in [-0.15, -0.1) is 0 Å². The smallest absolute Gasteiger partial charge is 0.0479 e. The molecule has 0 radical (unpaired) electrons. The number of aromatic nitrogens is 2. The fourth-order valence-electron chi connectivity index (χ4n) is 2.62. The van der Waals surface area contributed by atoms with Gasteiger partial charge in [0.1, 0.15) is 0 Å². The summed E-state index contributed by atoms with van der Waals surface area (Å²) in [6, 6.07) is 20.8. The first kappa shape index (κ1) is 11.1. The molecule has 0 saturated heterocycles. The zero-order chi connectivity index (χ0) is 13.5. The zero-order valence-corrected chi connectivity index (χ0v) is 11.0. The van der Waals surface area contributed by atoms with Crippen molar-refractivity contribution in [3.8, 4) is 0 Å². The van der Waals surface area contributed by atoms with Crippen LogP contribution in [0.4, 0.5) is 0 Å². The van der Waals surface area contributed by atoms with E-state index in [-0.39, 0.29) is 0 Å². The summed E-state index contributed by atoms with van der Waals surface area (Å²) in [5.41, 5.74) is 5.37. The van der Waals surface area contributed by atoms with E-state index in [0.29, 0.717) is 0 Å². The minimum Gasteiger partial charge on any atom is -0.354 e. The van der Waals surface area contributed by atoms with E-state index in [1.165, 1.54) is 10.8 Å². The van der Waals surface area contributed by atoms with Crippen molar-refractivity contribution in [1.82, 2.24) is 9.97 Å². The highest BCUT2D eigenvalue weighted by Gasteiger charge is 2.08. The number of H-pyrrole nitrogens is 2. The van der Waals surface area contributed by atoms with Crippen LogP contribution in [0.15, 0.2) is 67.2 Å². The van der Waals surface area contributed by atoms with Gasteiger partial charge in [0.25, 0.3) is 0 Å². The standard InChI is InChI=1S/C18H14N2/c1-12(17-10-13-6-2-4-8-15(13)19-17)18-11-14-7-3-5-9-16(14)20-18/h2-11,19-20H,1H2. The van der Waals surface area contributed by atoms with Crippen molar-refractivity contribution in [1.29, 1.82) is 0 Å². The monoisotopic (exact) mass is 258 g/mol. The molecule has 4 aromatic rings. The minimum atomic E-state index is 0.984. The minimum absolute atomic E-state index is 0.984. The van der Waals surface area contributed by atoms with Crippen molar-refractivity contribution in [3.63, 3.8) is 0 Å². The second-order valence-corrected chi connectivity index (χ2v) is 5.02. The molecule has 0 spiro atoms. The van der Waals surface area contributed by atoms with Gasteiger partial charge in [-0.3, -0.25) is 0 Å². The molecule has 2 heteroatoms. The van der Waals surface area contributed by atoms with Crippen LogP contribution in [0.3, 0.4) is 0 Å². The van der Waals surface area contributed by atoms with E-state index in [0.717, 1.165) is 28.0 Å². The van der Waals surface area contributed by atoms with Gasteiger partial charge in [-0.25, -0.2) is 0 Å². The highest BCUT2D eigenvalue weighted by molar-refractivity contribution is 5.91. The molecule has 0 aliphatic rings. The van der Waals surface area contributed by atoms with Gasteiger partial charge < -0.3 is 9.97 Å². The summed E-state index contributed by atoms with van der Waals surface area (Å²) >= 11 is 0. The topological polar surface area (TPSA) is 31.6 Å². The lowest BCUT2D eigenvalue weighted by Crippen LogP contribution is -1.85. The van der Waals surface area contributed by atoms with Gasteiger partial charge in [0, 0.05) is 38.8 Å². The number of rotatable bonds is 2. The molecule has 2 heterocycles. The van der Waals surface area contributed by atoms with Crippen LogP contribution in [0.1, 0.15) is 11.4 Å². The molecule has 0 bridgehead atoms. The van der Waals surface area contributed by atoms with Crippen LogP contribution in [-0.2, 0) is 0 Å². The maximum atomic E-state index is 4.22. The Kier molecular flexibility index (Phi) is 2.30. The van der Waals surface area contributed by atoms with Crippen LogP contribution in [0, 0.1) is 0 Å². The van der Waals surface area contributed by atoms with E-state index in [4.69, 9.17) is 0 Å². The van der Waals surface area contributed by atoms with E-state index >= 15 is 0 Å². The Morgan fingerprint density at radius 2 is 1.15 bits per heavy atom. The van der Waals surface area contributed by atoms with E-state index in [1.807, 2.05) is 24.3 Å². The number of aromatic amines is 2. The van der Waals surface area contributed by atoms with Crippen LogP contribution in [-0.4, -0.2) is 9.97 Å². The van der Waals surface area contributed by atoms with Crippen molar-refractivity contribution >= 4 is 27.4 Å². The number of benzene rings is 2. The third kappa shape index (κ3) is 1.66. The average molecular weight is 258 g/mol. The average Bonchev–Trinajstić information content (AvgIpc) is 3.10. The predicted octanol–water partition coefficient (Wildman–Crippen LogP) is 4.71. The van der Waals surface area contributed by atoms with Crippen molar-refractivity contribution in [2.75, 3.05) is 0 Å². The predicted molar refractivity (Wildman–Crippen MR) is 84.7 cm³/mol. The second-order valence-electron chi connectivity index (χ2n) is 5.02. The molecule has 2 aromatic carbocycles. The maximum absolute atomic E-state index is 4.22. The summed E-state index contributed by atoms with van der Waals surface area (Å²) in [4.78, 5) is 6.84. The molecular formula is C18H14N2. The molecule has 0 fully saturated rings. The van der Waals surface area contributed by atoms with Gasteiger partial charge in [0.05, 0.1) is 0 Å². The second kappa shape index (κ2) is 4.14.